The third-order valence-electron chi connectivity index (χ3n) is 3.71. The quantitative estimate of drug-likeness (QED) is 0.696. The molecular weight excluding hydrogens is 346 g/mol. The van der Waals surface area contributed by atoms with E-state index < -0.39 is 12.2 Å². The van der Waals surface area contributed by atoms with Gasteiger partial charge in [0.05, 0.1) is 17.4 Å². The average molecular weight is 367 g/mol. The molecule has 7 heteroatoms. The lowest BCUT2D eigenvalue weighted by atomic mass is 10.3. The van der Waals surface area contributed by atoms with Crippen LogP contribution in [0.3, 0.4) is 0 Å². The number of amides is 1. The summed E-state index contributed by atoms with van der Waals surface area (Å²) < 4.78 is 12.4. The van der Waals surface area contributed by atoms with Gasteiger partial charge in [0.2, 0.25) is 5.88 Å². The van der Waals surface area contributed by atoms with E-state index in [1.54, 1.807) is 42.8 Å². The van der Waals surface area contributed by atoms with Crippen molar-refractivity contribution in [2.75, 3.05) is 11.9 Å². The number of nitrogens with zero attached hydrogens (tertiary/aromatic N) is 2. The van der Waals surface area contributed by atoms with Crippen molar-refractivity contribution in [3.05, 3.63) is 66.2 Å². The highest BCUT2D eigenvalue weighted by Gasteiger charge is 2.20. The third kappa shape index (κ3) is 4.65. The summed E-state index contributed by atoms with van der Waals surface area (Å²) in [4.78, 5) is 12.3. The highest BCUT2D eigenvalue weighted by Crippen LogP contribution is 2.28. The number of nitrogens with one attached hydrogen (secondary N) is 1. The Balaban J connectivity index is 1.88. The number of hydrogen-bond donors (Lipinski definition) is 2. The topological polar surface area (TPSA) is 85.6 Å². The van der Waals surface area contributed by atoms with E-state index >= 15 is 0 Å². The number of anilines is 1. The van der Waals surface area contributed by atoms with Gasteiger partial charge in [0, 0.05) is 0 Å². The number of aliphatic hydroxyl groups is 1. The molecule has 1 atom stereocenters. The zero-order valence-electron chi connectivity index (χ0n) is 15.1. The molecule has 0 saturated carbocycles. The number of rotatable bonds is 6. The summed E-state index contributed by atoms with van der Waals surface area (Å²) in [6.07, 6.45) is -1.27. The van der Waals surface area contributed by atoms with Crippen molar-refractivity contribution in [3.8, 4) is 17.3 Å². The molecule has 3 aromatic rings. The van der Waals surface area contributed by atoms with Gasteiger partial charge in [0.15, 0.2) is 0 Å². The maximum atomic E-state index is 12.3. The number of carbonyl (C=O) groups excluding carboxylic acids is 1. The monoisotopic (exact) mass is 367 g/mol. The van der Waals surface area contributed by atoms with Gasteiger partial charge in [0.1, 0.15) is 18.2 Å². The molecule has 27 heavy (non-hydrogen) atoms. The van der Waals surface area contributed by atoms with E-state index in [0.717, 1.165) is 5.69 Å². The summed E-state index contributed by atoms with van der Waals surface area (Å²) >= 11 is 0. The van der Waals surface area contributed by atoms with Crippen LogP contribution in [0.1, 0.15) is 12.5 Å². The molecule has 140 valence electrons. The number of ether oxygens (including phenoxy) is 2. The Hall–Kier alpha value is -3.32. The second-order valence-electron chi connectivity index (χ2n) is 6.01. The van der Waals surface area contributed by atoms with E-state index in [-0.39, 0.29) is 6.61 Å². The number of hydrogen-bond acceptors (Lipinski definition) is 5. The first-order chi connectivity index (χ1) is 13.0. The molecular formula is C20H21N3O4. The molecule has 7 nitrogen and oxygen atoms in total. The smallest absolute Gasteiger partial charge is 0.418 e. The van der Waals surface area contributed by atoms with Crippen LogP contribution in [-0.2, 0) is 0 Å². The van der Waals surface area contributed by atoms with Crippen LogP contribution in [-0.4, -0.2) is 33.7 Å². The van der Waals surface area contributed by atoms with Crippen LogP contribution in [0.4, 0.5) is 10.6 Å². The number of para-hydroxylation sites is 2. The molecule has 1 heterocycles. The third-order valence-corrected chi connectivity index (χ3v) is 3.71. The van der Waals surface area contributed by atoms with Crippen LogP contribution in [0.2, 0.25) is 0 Å². The van der Waals surface area contributed by atoms with Crippen molar-refractivity contribution in [1.29, 1.82) is 0 Å². The number of aromatic nitrogens is 2. The standard InChI is InChI=1S/C20H21N3O4/c1-14(24)13-26-19-15(2)18(23(22-19)16-9-5-3-6-10-16)21-20(25)27-17-11-7-4-8-12-17/h3-12,14,24H,13H2,1-2H3,(H,21,25)/t14-/m0/s1. The fraction of sp³-hybridized carbons (Fsp3) is 0.200. The van der Waals surface area contributed by atoms with Crippen LogP contribution < -0.4 is 14.8 Å². The lowest BCUT2D eigenvalue weighted by Crippen LogP contribution is -2.19. The van der Waals surface area contributed by atoms with Crippen LogP contribution >= 0.6 is 0 Å². The van der Waals surface area contributed by atoms with Crippen LogP contribution in [0, 0.1) is 6.92 Å². The summed E-state index contributed by atoms with van der Waals surface area (Å²) in [6, 6.07) is 18.1. The lowest BCUT2D eigenvalue weighted by Gasteiger charge is -2.10. The molecule has 0 radical (unpaired) electrons. The minimum atomic E-state index is -0.636. The van der Waals surface area contributed by atoms with Gasteiger partial charge in [-0.1, -0.05) is 36.4 Å². The number of aliphatic hydroxyl groups excluding tert-OH is 1. The Bertz CT molecular complexity index is 892. The highest BCUT2D eigenvalue weighted by molar-refractivity contribution is 5.87. The van der Waals surface area contributed by atoms with Crippen molar-refractivity contribution in [2.24, 2.45) is 0 Å². The largest absolute Gasteiger partial charge is 0.474 e. The zero-order chi connectivity index (χ0) is 19.2. The Morgan fingerprint density at radius 1 is 1.15 bits per heavy atom. The molecule has 0 spiro atoms. The normalized spacial score (nSPS) is 11.7. The van der Waals surface area contributed by atoms with Gasteiger partial charge in [-0.05, 0) is 38.1 Å². The predicted octanol–water partition coefficient (Wildman–Crippen LogP) is 3.55. The van der Waals surface area contributed by atoms with E-state index in [4.69, 9.17) is 9.47 Å². The maximum Gasteiger partial charge on any atom is 0.418 e. The van der Waals surface area contributed by atoms with Gasteiger partial charge < -0.3 is 14.6 Å². The summed E-state index contributed by atoms with van der Waals surface area (Å²) in [5.74, 6) is 1.20. The van der Waals surface area contributed by atoms with E-state index in [9.17, 15) is 9.90 Å². The molecule has 0 aliphatic carbocycles. The van der Waals surface area contributed by atoms with E-state index in [1.807, 2.05) is 36.4 Å². The minimum Gasteiger partial charge on any atom is -0.474 e. The highest BCUT2D eigenvalue weighted by atomic mass is 16.6. The Morgan fingerprint density at radius 3 is 2.41 bits per heavy atom. The summed E-state index contributed by atoms with van der Waals surface area (Å²) in [6.45, 7) is 3.50. The maximum absolute atomic E-state index is 12.3. The molecule has 0 unspecified atom stereocenters. The Morgan fingerprint density at radius 2 is 1.78 bits per heavy atom. The van der Waals surface area contributed by atoms with Crippen LogP contribution in [0.25, 0.3) is 5.69 Å². The van der Waals surface area contributed by atoms with Crippen molar-refractivity contribution >= 4 is 11.9 Å². The molecule has 2 aromatic carbocycles. The van der Waals surface area contributed by atoms with E-state index in [1.165, 1.54) is 0 Å². The van der Waals surface area contributed by atoms with E-state index in [2.05, 4.69) is 10.4 Å². The SMILES string of the molecule is Cc1c(OC[C@H](C)O)nn(-c2ccccc2)c1NC(=O)Oc1ccccc1. The molecule has 0 bridgehead atoms. The van der Waals surface area contributed by atoms with Crippen molar-refractivity contribution in [1.82, 2.24) is 9.78 Å². The van der Waals surface area contributed by atoms with Gasteiger partial charge in [0.25, 0.3) is 0 Å². The van der Waals surface area contributed by atoms with Gasteiger partial charge in [-0.25, -0.2) is 9.48 Å². The second-order valence-corrected chi connectivity index (χ2v) is 6.01. The zero-order valence-corrected chi connectivity index (χ0v) is 15.1. The first-order valence-corrected chi connectivity index (χ1v) is 8.54. The fourth-order valence-corrected chi connectivity index (χ4v) is 2.43. The molecule has 2 N–H and O–H groups in total. The fourth-order valence-electron chi connectivity index (χ4n) is 2.43. The molecule has 0 saturated heterocycles. The predicted molar refractivity (Wildman–Crippen MR) is 102 cm³/mol. The molecule has 1 amide bonds. The summed E-state index contributed by atoms with van der Waals surface area (Å²) in [5.41, 5.74) is 1.38. The number of benzene rings is 2. The first kappa shape index (κ1) is 18.5. The van der Waals surface area contributed by atoms with Crippen molar-refractivity contribution < 1.29 is 19.4 Å². The van der Waals surface area contributed by atoms with Crippen LogP contribution in [0.15, 0.2) is 60.7 Å². The van der Waals surface area contributed by atoms with Crippen molar-refractivity contribution in [3.63, 3.8) is 0 Å². The van der Waals surface area contributed by atoms with Gasteiger partial charge in [-0.2, -0.15) is 0 Å². The first-order valence-electron chi connectivity index (χ1n) is 8.54. The van der Waals surface area contributed by atoms with Crippen LogP contribution in [0.5, 0.6) is 11.6 Å². The van der Waals surface area contributed by atoms with Gasteiger partial charge >= 0.3 is 6.09 Å². The second kappa shape index (κ2) is 8.37. The van der Waals surface area contributed by atoms with Gasteiger partial charge in [-0.3, -0.25) is 5.32 Å². The molecule has 1 aromatic heterocycles. The Labute approximate surface area is 157 Å². The molecule has 3 rings (SSSR count). The van der Waals surface area contributed by atoms with E-state index in [0.29, 0.717) is 23.0 Å². The summed E-state index contributed by atoms with van der Waals surface area (Å²) in [5, 5.41) is 16.6. The lowest BCUT2D eigenvalue weighted by molar-refractivity contribution is 0.119. The molecule has 0 fully saturated rings. The number of carbonyl (C=O) groups is 1. The molecule has 0 aliphatic rings. The molecule has 0 aliphatic heterocycles. The average Bonchev–Trinajstić information content (AvgIpc) is 2.97. The summed E-state index contributed by atoms with van der Waals surface area (Å²) in [7, 11) is 0. The Kier molecular flexibility index (Phi) is 5.73. The van der Waals surface area contributed by atoms with Gasteiger partial charge in [-0.15, -0.1) is 5.10 Å². The minimum absolute atomic E-state index is 0.0978. The van der Waals surface area contributed by atoms with Crippen molar-refractivity contribution in [2.45, 2.75) is 20.0 Å².